The summed E-state index contributed by atoms with van der Waals surface area (Å²) >= 11 is 7.40. The zero-order valence-electron chi connectivity index (χ0n) is 17.6. The average Bonchev–Trinajstić information content (AvgIpc) is 3.41. The van der Waals surface area contributed by atoms with E-state index in [0.717, 1.165) is 26.2 Å². The van der Waals surface area contributed by atoms with Gasteiger partial charge in [0.2, 0.25) is 5.91 Å². The minimum Gasteiger partial charge on any atom is -0.301 e. The van der Waals surface area contributed by atoms with E-state index >= 15 is 0 Å². The molecular formula is C19H26ClN5O5S2. The predicted octanol–water partition coefficient (Wildman–Crippen LogP) is 2.60. The summed E-state index contributed by atoms with van der Waals surface area (Å²) < 4.78 is 29.6. The van der Waals surface area contributed by atoms with Gasteiger partial charge in [-0.3, -0.25) is 14.8 Å². The van der Waals surface area contributed by atoms with Gasteiger partial charge >= 0.3 is 0 Å². The van der Waals surface area contributed by atoms with Crippen LogP contribution in [0.4, 0.5) is 5.13 Å². The molecule has 1 aliphatic heterocycles. The minimum atomic E-state index is -4.11. The van der Waals surface area contributed by atoms with E-state index in [9.17, 15) is 18.0 Å². The van der Waals surface area contributed by atoms with Crippen LogP contribution >= 0.6 is 22.9 Å². The summed E-state index contributed by atoms with van der Waals surface area (Å²) in [6, 6.07) is 4.40. The van der Waals surface area contributed by atoms with Crippen molar-refractivity contribution >= 4 is 60.3 Å². The standard InChI is InChI=1S/C19H26ClN5O5S2/c1-2-3-4-10-24(12-16(26)23-28)32(29,30)25-11-6-8-14(25)18(27)22-19-21-17-13(20)7-5-9-15(17)31-19/h5,7,9,14,28H,2-4,6,8,10-12H2,1H3,(H,23,26)(H,21,22,27). The molecule has 0 radical (unpaired) electrons. The van der Waals surface area contributed by atoms with Crippen LogP contribution in [-0.2, 0) is 19.8 Å². The molecule has 3 rings (SSSR count). The van der Waals surface area contributed by atoms with Crippen LogP contribution in [0.2, 0.25) is 5.02 Å². The number of carbonyl (C=O) groups is 2. The Kier molecular flexibility index (Phi) is 8.42. The monoisotopic (exact) mass is 503 g/mol. The SMILES string of the molecule is CCCCCN(CC(=O)NO)S(=O)(=O)N1CCCC1C(=O)Nc1nc2c(Cl)cccc2s1. The van der Waals surface area contributed by atoms with Crippen molar-refractivity contribution in [1.82, 2.24) is 19.1 Å². The van der Waals surface area contributed by atoms with E-state index in [0.29, 0.717) is 34.9 Å². The van der Waals surface area contributed by atoms with Crippen LogP contribution in [0.15, 0.2) is 18.2 Å². The molecule has 0 saturated carbocycles. The zero-order valence-corrected chi connectivity index (χ0v) is 20.0. The molecule has 2 aromatic rings. The molecule has 1 saturated heterocycles. The second-order valence-electron chi connectivity index (χ2n) is 7.45. The highest BCUT2D eigenvalue weighted by Crippen LogP contribution is 2.31. The number of benzene rings is 1. The molecule has 0 spiro atoms. The van der Waals surface area contributed by atoms with Crippen molar-refractivity contribution in [2.75, 3.05) is 25.0 Å². The number of carbonyl (C=O) groups excluding carboxylic acids is 2. The molecule has 10 nitrogen and oxygen atoms in total. The van der Waals surface area contributed by atoms with Gasteiger partial charge in [0, 0.05) is 13.1 Å². The quantitative estimate of drug-likeness (QED) is 0.259. The molecule has 1 fully saturated rings. The van der Waals surface area contributed by atoms with Crippen molar-refractivity contribution in [2.24, 2.45) is 0 Å². The van der Waals surface area contributed by atoms with E-state index in [2.05, 4.69) is 10.3 Å². The number of fused-ring (bicyclic) bond motifs is 1. The second kappa shape index (κ2) is 10.9. The number of amides is 2. The predicted molar refractivity (Wildman–Crippen MR) is 123 cm³/mol. The number of unbranched alkanes of at least 4 members (excludes halogenated alkanes) is 2. The van der Waals surface area contributed by atoms with Gasteiger partial charge < -0.3 is 5.32 Å². The average molecular weight is 504 g/mol. The zero-order chi connectivity index (χ0) is 23.3. The maximum absolute atomic E-state index is 13.3. The Hall–Kier alpha value is -1.83. The molecule has 2 heterocycles. The first-order valence-corrected chi connectivity index (χ1v) is 12.9. The Balaban J connectivity index is 1.78. The van der Waals surface area contributed by atoms with Gasteiger partial charge in [0.25, 0.3) is 16.1 Å². The number of aromatic nitrogens is 1. The summed E-state index contributed by atoms with van der Waals surface area (Å²) in [5, 5.41) is 12.4. The van der Waals surface area contributed by atoms with E-state index in [1.54, 1.807) is 12.1 Å². The molecule has 1 aromatic carbocycles. The lowest BCUT2D eigenvalue weighted by molar-refractivity contribution is -0.129. The Morgan fingerprint density at radius 1 is 1.38 bits per heavy atom. The Labute approximate surface area is 195 Å². The summed E-state index contributed by atoms with van der Waals surface area (Å²) in [6.07, 6.45) is 3.09. The summed E-state index contributed by atoms with van der Waals surface area (Å²) in [6.45, 7) is 1.74. The van der Waals surface area contributed by atoms with Crippen molar-refractivity contribution in [3.8, 4) is 0 Å². The third-order valence-electron chi connectivity index (χ3n) is 5.18. The number of para-hydroxylation sites is 1. The van der Waals surface area contributed by atoms with Crippen molar-refractivity contribution in [3.63, 3.8) is 0 Å². The molecule has 1 aliphatic rings. The molecule has 0 bridgehead atoms. The van der Waals surface area contributed by atoms with Crippen LogP contribution in [0.25, 0.3) is 10.2 Å². The normalized spacial score (nSPS) is 17.2. The van der Waals surface area contributed by atoms with E-state index in [1.807, 2.05) is 13.0 Å². The summed E-state index contributed by atoms with van der Waals surface area (Å²) in [5.41, 5.74) is 2.04. The number of nitrogens with zero attached hydrogens (tertiary/aromatic N) is 3. The van der Waals surface area contributed by atoms with Crippen LogP contribution in [0.5, 0.6) is 0 Å². The molecule has 3 N–H and O–H groups in total. The Bertz CT molecular complexity index is 1080. The number of hydroxylamine groups is 1. The topological polar surface area (TPSA) is 132 Å². The van der Waals surface area contributed by atoms with E-state index in [1.165, 1.54) is 16.8 Å². The van der Waals surface area contributed by atoms with Crippen LogP contribution in [0, 0.1) is 0 Å². The van der Waals surface area contributed by atoms with Crippen molar-refractivity contribution in [2.45, 2.75) is 45.1 Å². The fourth-order valence-corrected chi connectivity index (χ4v) is 6.58. The number of hydrogen-bond acceptors (Lipinski definition) is 7. The molecule has 1 aromatic heterocycles. The van der Waals surface area contributed by atoms with Crippen LogP contribution < -0.4 is 10.8 Å². The Morgan fingerprint density at radius 3 is 2.84 bits per heavy atom. The fraction of sp³-hybridized carbons (Fsp3) is 0.526. The molecule has 13 heteroatoms. The van der Waals surface area contributed by atoms with E-state index < -0.39 is 34.6 Å². The van der Waals surface area contributed by atoms with Gasteiger partial charge in [0.05, 0.1) is 16.3 Å². The second-order valence-corrected chi connectivity index (χ2v) is 10.8. The first-order valence-electron chi connectivity index (χ1n) is 10.3. The maximum atomic E-state index is 13.3. The summed E-state index contributed by atoms with van der Waals surface area (Å²) in [7, 11) is -4.11. The van der Waals surface area contributed by atoms with E-state index in [-0.39, 0.29) is 13.1 Å². The summed E-state index contributed by atoms with van der Waals surface area (Å²) in [5.74, 6) is -1.32. The number of anilines is 1. The van der Waals surface area contributed by atoms with Gasteiger partial charge in [-0.1, -0.05) is 48.8 Å². The third-order valence-corrected chi connectivity index (χ3v) is 8.42. The van der Waals surface area contributed by atoms with Gasteiger partial charge in [-0.05, 0) is 31.4 Å². The third kappa shape index (κ3) is 5.56. The van der Waals surface area contributed by atoms with Gasteiger partial charge in [-0.2, -0.15) is 17.0 Å². The largest absolute Gasteiger partial charge is 0.301 e. The molecule has 32 heavy (non-hydrogen) atoms. The first kappa shape index (κ1) is 24.8. The van der Waals surface area contributed by atoms with Gasteiger partial charge in [-0.15, -0.1) is 0 Å². The lowest BCUT2D eigenvalue weighted by Crippen LogP contribution is -2.52. The van der Waals surface area contributed by atoms with Crippen LogP contribution in [0.3, 0.4) is 0 Å². The molecule has 176 valence electrons. The number of hydrogen-bond donors (Lipinski definition) is 3. The molecule has 2 amide bonds. The number of nitrogens with one attached hydrogen (secondary N) is 2. The highest BCUT2D eigenvalue weighted by molar-refractivity contribution is 7.86. The summed E-state index contributed by atoms with van der Waals surface area (Å²) in [4.78, 5) is 29.0. The lowest BCUT2D eigenvalue weighted by atomic mass is 10.2. The smallest absolute Gasteiger partial charge is 0.283 e. The molecule has 0 aliphatic carbocycles. The van der Waals surface area contributed by atoms with Crippen LogP contribution in [0.1, 0.15) is 39.0 Å². The number of thiazole rings is 1. The van der Waals surface area contributed by atoms with Crippen molar-refractivity contribution in [1.29, 1.82) is 0 Å². The molecular weight excluding hydrogens is 478 g/mol. The first-order chi connectivity index (χ1) is 15.3. The number of halogens is 1. The molecule has 1 unspecified atom stereocenters. The van der Waals surface area contributed by atoms with Crippen molar-refractivity contribution in [3.05, 3.63) is 23.2 Å². The fourth-order valence-electron chi connectivity index (χ4n) is 3.59. The number of rotatable bonds is 10. The highest BCUT2D eigenvalue weighted by atomic mass is 35.5. The van der Waals surface area contributed by atoms with Gasteiger partial charge in [0.15, 0.2) is 5.13 Å². The maximum Gasteiger partial charge on any atom is 0.283 e. The van der Waals surface area contributed by atoms with Gasteiger partial charge in [-0.25, -0.2) is 10.5 Å². The molecule has 1 atom stereocenters. The minimum absolute atomic E-state index is 0.116. The lowest BCUT2D eigenvalue weighted by Gasteiger charge is -2.29. The van der Waals surface area contributed by atoms with Gasteiger partial charge in [0.1, 0.15) is 11.6 Å². The van der Waals surface area contributed by atoms with Crippen molar-refractivity contribution < 1.29 is 23.2 Å². The highest BCUT2D eigenvalue weighted by Gasteiger charge is 2.42. The van der Waals surface area contributed by atoms with E-state index in [4.69, 9.17) is 16.8 Å². The van der Waals surface area contributed by atoms with Crippen LogP contribution in [-0.4, -0.2) is 64.7 Å². The Morgan fingerprint density at radius 2 is 2.16 bits per heavy atom.